The number of nitrogens with one attached hydrogen (secondary N) is 1. The Hall–Kier alpha value is -1.75. The fraction of sp³-hybridized carbons (Fsp3) is 0.316. The highest BCUT2D eigenvalue weighted by Gasteiger charge is 2.28. The van der Waals surface area contributed by atoms with E-state index in [-0.39, 0.29) is 17.2 Å². The molecule has 0 aliphatic rings. The van der Waals surface area contributed by atoms with Gasteiger partial charge in [0.15, 0.2) is 0 Å². The predicted molar refractivity (Wildman–Crippen MR) is 103 cm³/mol. The zero-order chi connectivity index (χ0) is 18.6. The molecule has 0 saturated heterocycles. The number of phenols is 1. The zero-order valence-corrected chi connectivity index (χ0v) is 16.0. The van der Waals surface area contributed by atoms with Crippen LogP contribution in [0.4, 0.5) is 0 Å². The second-order valence-electron chi connectivity index (χ2n) is 6.55. The maximum atomic E-state index is 12.4. The predicted octanol–water partition coefficient (Wildman–Crippen LogP) is 3.99. The summed E-state index contributed by atoms with van der Waals surface area (Å²) in [4.78, 5) is 14.5. The van der Waals surface area contributed by atoms with Crippen LogP contribution in [-0.4, -0.2) is 42.1 Å². The summed E-state index contributed by atoms with van der Waals surface area (Å²) < 4.78 is 0. The summed E-state index contributed by atoms with van der Waals surface area (Å²) in [5.41, 5.74) is 1.26. The van der Waals surface area contributed by atoms with Crippen LogP contribution in [0.5, 0.6) is 5.75 Å². The molecule has 2 aromatic rings. The topological polar surface area (TPSA) is 52.6 Å². The van der Waals surface area contributed by atoms with Gasteiger partial charge in [0.05, 0.1) is 10.0 Å². The van der Waals surface area contributed by atoms with Gasteiger partial charge in [-0.15, -0.1) is 0 Å². The molecule has 1 amide bonds. The van der Waals surface area contributed by atoms with Gasteiger partial charge >= 0.3 is 0 Å². The Bertz CT molecular complexity index is 748. The van der Waals surface area contributed by atoms with Gasteiger partial charge in [-0.3, -0.25) is 4.79 Å². The number of amides is 1. The van der Waals surface area contributed by atoms with Crippen molar-refractivity contribution in [2.24, 2.45) is 0 Å². The molecule has 6 heteroatoms. The van der Waals surface area contributed by atoms with Crippen LogP contribution < -0.4 is 5.32 Å². The average Bonchev–Trinajstić information content (AvgIpc) is 2.57. The van der Waals surface area contributed by atoms with E-state index < -0.39 is 0 Å². The minimum Gasteiger partial charge on any atom is -0.508 e. The third-order valence-electron chi connectivity index (χ3n) is 4.41. The first-order chi connectivity index (χ1) is 11.7. The highest BCUT2D eigenvalue weighted by molar-refractivity contribution is 6.42. The highest BCUT2D eigenvalue weighted by Crippen LogP contribution is 2.23. The van der Waals surface area contributed by atoms with Gasteiger partial charge in [0.25, 0.3) is 5.91 Å². The van der Waals surface area contributed by atoms with Gasteiger partial charge in [-0.25, -0.2) is 0 Å². The Balaban J connectivity index is 2.08. The van der Waals surface area contributed by atoms with Crippen LogP contribution in [0.3, 0.4) is 0 Å². The summed E-state index contributed by atoms with van der Waals surface area (Å²) in [6.07, 6.45) is 0.724. The number of carbonyl (C=O) groups is 1. The van der Waals surface area contributed by atoms with Crippen LogP contribution in [-0.2, 0) is 6.42 Å². The molecule has 0 aliphatic carbocycles. The molecule has 0 fully saturated rings. The van der Waals surface area contributed by atoms with Crippen molar-refractivity contribution in [3.05, 3.63) is 63.6 Å². The molecule has 2 N–H and O–H groups in total. The number of phenolic OH excluding ortho intramolecular Hbond substituents is 1. The third kappa shape index (κ3) is 5.11. The molecular formula is C19H22Cl2N2O2. The number of likely N-dealkylation sites (N-methyl/N-ethyl adjacent to an activating group) is 1. The highest BCUT2D eigenvalue weighted by atomic mass is 35.5. The van der Waals surface area contributed by atoms with Crippen LogP contribution >= 0.6 is 23.2 Å². The first-order valence-corrected chi connectivity index (χ1v) is 8.65. The number of aromatic hydroxyl groups is 1. The van der Waals surface area contributed by atoms with Crippen LogP contribution in [0.25, 0.3) is 0 Å². The lowest BCUT2D eigenvalue weighted by molar-refractivity contribution is 0.0909. The quantitative estimate of drug-likeness (QED) is 0.796. The number of hydrogen-bond donors (Lipinski definition) is 2. The lowest BCUT2D eigenvalue weighted by atomic mass is 9.91. The van der Waals surface area contributed by atoms with E-state index in [1.54, 1.807) is 30.3 Å². The smallest absolute Gasteiger partial charge is 0.251 e. The number of carbonyl (C=O) groups excluding carboxylic acids is 1. The molecule has 0 aromatic heterocycles. The molecule has 2 aromatic carbocycles. The van der Waals surface area contributed by atoms with Gasteiger partial charge in [0.1, 0.15) is 5.75 Å². The van der Waals surface area contributed by atoms with Crippen molar-refractivity contribution in [2.75, 3.05) is 20.6 Å². The fourth-order valence-corrected chi connectivity index (χ4v) is 2.74. The zero-order valence-electron chi connectivity index (χ0n) is 14.5. The Labute approximate surface area is 158 Å². The van der Waals surface area contributed by atoms with Gasteiger partial charge in [-0.1, -0.05) is 35.3 Å². The van der Waals surface area contributed by atoms with Gasteiger partial charge < -0.3 is 15.3 Å². The molecule has 1 atom stereocenters. The number of nitrogens with zero attached hydrogens (tertiary/aromatic N) is 1. The summed E-state index contributed by atoms with van der Waals surface area (Å²) in [6, 6.07) is 11.9. The third-order valence-corrected chi connectivity index (χ3v) is 5.15. The van der Waals surface area contributed by atoms with E-state index in [1.807, 2.05) is 26.2 Å². The normalized spacial score (nSPS) is 13.5. The second-order valence-corrected chi connectivity index (χ2v) is 7.36. The van der Waals surface area contributed by atoms with Crippen LogP contribution in [0.2, 0.25) is 10.0 Å². The van der Waals surface area contributed by atoms with Crippen molar-refractivity contribution in [1.82, 2.24) is 10.2 Å². The van der Waals surface area contributed by atoms with Crippen molar-refractivity contribution in [3.63, 3.8) is 0 Å². The molecule has 2 rings (SSSR count). The minimum absolute atomic E-state index is 0.197. The van der Waals surface area contributed by atoms with Crippen LogP contribution in [0, 0.1) is 0 Å². The lowest BCUT2D eigenvalue weighted by Crippen LogP contribution is -2.52. The van der Waals surface area contributed by atoms with E-state index >= 15 is 0 Å². The number of rotatable bonds is 6. The lowest BCUT2D eigenvalue weighted by Gasteiger charge is -2.37. The molecule has 25 heavy (non-hydrogen) atoms. The second kappa shape index (κ2) is 8.09. The Kier molecular flexibility index (Phi) is 6.33. The SMILES string of the molecule is CN(C)[C@](C)(CNC(=O)c1ccc(Cl)c(Cl)c1)Cc1ccc(O)cc1. The van der Waals surface area contributed by atoms with Gasteiger partial charge in [0.2, 0.25) is 0 Å². The molecule has 0 bridgehead atoms. The maximum Gasteiger partial charge on any atom is 0.251 e. The fourth-order valence-electron chi connectivity index (χ4n) is 2.44. The Morgan fingerprint density at radius 3 is 2.32 bits per heavy atom. The molecule has 0 spiro atoms. The summed E-state index contributed by atoms with van der Waals surface area (Å²) in [7, 11) is 3.96. The molecule has 0 aliphatic heterocycles. The summed E-state index contributed by atoms with van der Waals surface area (Å²) >= 11 is 11.9. The van der Waals surface area contributed by atoms with Crippen molar-refractivity contribution in [2.45, 2.75) is 18.9 Å². The van der Waals surface area contributed by atoms with Crippen molar-refractivity contribution >= 4 is 29.1 Å². The van der Waals surface area contributed by atoms with Crippen molar-refractivity contribution in [1.29, 1.82) is 0 Å². The number of hydrogen-bond acceptors (Lipinski definition) is 3. The van der Waals surface area contributed by atoms with Crippen molar-refractivity contribution in [3.8, 4) is 5.75 Å². The molecule has 0 unspecified atom stereocenters. The average molecular weight is 381 g/mol. The van der Waals surface area contributed by atoms with Crippen molar-refractivity contribution < 1.29 is 9.90 Å². The Morgan fingerprint density at radius 2 is 1.76 bits per heavy atom. The van der Waals surface area contributed by atoms with E-state index in [0.29, 0.717) is 22.2 Å². The first-order valence-electron chi connectivity index (χ1n) is 7.90. The summed E-state index contributed by atoms with van der Waals surface area (Å²) in [5.74, 6) is 0.0422. The molecule has 4 nitrogen and oxygen atoms in total. The standard InChI is InChI=1S/C19H22Cl2N2O2/c1-19(23(2)3,11-13-4-7-15(24)8-5-13)12-22-18(25)14-6-9-16(20)17(21)10-14/h4-10,24H,11-12H2,1-3H3,(H,22,25)/t19-/m0/s1. The molecular weight excluding hydrogens is 359 g/mol. The van der Waals surface area contributed by atoms with E-state index in [4.69, 9.17) is 23.2 Å². The summed E-state index contributed by atoms with van der Waals surface area (Å²) in [6.45, 7) is 2.54. The molecule has 0 radical (unpaired) electrons. The molecule has 0 heterocycles. The van der Waals surface area contributed by atoms with Gasteiger partial charge in [-0.2, -0.15) is 0 Å². The first kappa shape index (κ1) is 19.6. The Morgan fingerprint density at radius 1 is 1.12 bits per heavy atom. The van der Waals surface area contributed by atoms with E-state index in [1.165, 1.54) is 0 Å². The van der Waals surface area contributed by atoms with Crippen LogP contribution in [0.1, 0.15) is 22.8 Å². The monoisotopic (exact) mass is 380 g/mol. The van der Waals surface area contributed by atoms with Gasteiger partial charge in [-0.05, 0) is 63.3 Å². The maximum absolute atomic E-state index is 12.4. The number of benzene rings is 2. The van der Waals surface area contributed by atoms with Gasteiger partial charge in [0, 0.05) is 17.6 Å². The largest absolute Gasteiger partial charge is 0.508 e. The van der Waals surface area contributed by atoms with Crippen LogP contribution in [0.15, 0.2) is 42.5 Å². The molecule has 134 valence electrons. The minimum atomic E-state index is -0.289. The van der Waals surface area contributed by atoms with E-state index in [0.717, 1.165) is 12.0 Å². The van der Waals surface area contributed by atoms with E-state index in [9.17, 15) is 9.90 Å². The summed E-state index contributed by atoms with van der Waals surface area (Å²) in [5, 5.41) is 13.2. The molecule has 0 saturated carbocycles. The number of halogens is 2. The van der Waals surface area contributed by atoms with E-state index in [2.05, 4.69) is 17.1 Å².